The van der Waals surface area contributed by atoms with E-state index in [-0.39, 0.29) is 0 Å². The van der Waals surface area contributed by atoms with Gasteiger partial charge in [-0.25, -0.2) is 0 Å². The molecule has 13 heavy (non-hydrogen) atoms. The maximum Gasteiger partial charge on any atom is 0.0127 e. The molecule has 2 rings (SSSR count). The summed E-state index contributed by atoms with van der Waals surface area (Å²) in [6.07, 6.45) is 2.60. The Bertz CT molecular complexity index is 193. The molecule has 0 radical (unpaired) electrons. The van der Waals surface area contributed by atoms with Gasteiger partial charge in [0, 0.05) is 24.7 Å². The van der Waals surface area contributed by atoms with Crippen LogP contribution in [0, 0.1) is 11.8 Å². The molecule has 5 unspecified atom stereocenters. The van der Waals surface area contributed by atoms with Gasteiger partial charge >= 0.3 is 0 Å². The van der Waals surface area contributed by atoms with Gasteiger partial charge in [0.05, 0.1) is 0 Å². The molecule has 0 aromatic heterocycles. The van der Waals surface area contributed by atoms with Gasteiger partial charge in [0.15, 0.2) is 0 Å². The van der Waals surface area contributed by atoms with Crippen molar-refractivity contribution in [1.82, 2.24) is 4.90 Å². The van der Waals surface area contributed by atoms with E-state index in [0.29, 0.717) is 18.0 Å². The van der Waals surface area contributed by atoms with Crippen LogP contribution < -0.4 is 5.73 Å². The van der Waals surface area contributed by atoms with Crippen molar-refractivity contribution in [2.24, 2.45) is 17.6 Å². The number of nitrogens with two attached hydrogens (primary N) is 1. The first kappa shape index (κ1) is 9.47. The Labute approximate surface area is 81.5 Å². The predicted octanol–water partition coefficient (Wildman–Crippen LogP) is 1.45. The van der Waals surface area contributed by atoms with Gasteiger partial charge in [-0.05, 0) is 31.6 Å². The van der Waals surface area contributed by atoms with Crippen molar-refractivity contribution in [2.45, 2.75) is 51.7 Å². The summed E-state index contributed by atoms with van der Waals surface area (Å²) >= 11 is 0. The highest BCUT2D eigenvalue weighted by Crippen LogP contribution is 2.39. The molecule has 2 N–H and O–H groups in total. The number of hydrogen-bond donors (Lipinski definition) is 1. The van der Waals surface area contributed by atoms with Gasteiger partial charge in [-0.15, -0.1) is 0 Å². The summed E-state index contributed by atoms with van der Waals surface area (Å²) in [7, 11) is 0. The zero-order valence-corrected chi connectivity index (χ0v) is 9.03. The lowest BCUT2D eigenvalue weighted by atomic mass is 9.87. The van der Waals surface area contributed by atoms with Crippen LogP contribution in [0.15, 0.2) is 0 Å². The van der Waals surface area contributed by atoms with Gasteiger partial charge in [0.1, 0.15) is 0 Å². The molecule has 76 valence electrons. The van der Waals surface area contributed by atoms with Crippen molar-refractivity contribution in [1.29, 1.82) is 0 Å². The summed E-state index contributed by atoms with van der Waals surface area (Å²) in [6.45, 7) is 8.22. The van der Waals surface area contributed by atoms with Gasteiger partial charge in [-0.1, -0.05) is 13.8 Å². The van der Waals surface area contributed by atoms with Crippen molar-refractivity contribution in [3.05, 3.63) is 0 Å². The summed E-state index contributed by atoms with van der Waals surface area (Å²) < 4.78 is 0. The zero-order chi connectivity index (χ0) is 9.59. The lowest BCUT2D eigenvalue weighted by Crippen LogP contribution is -2.52. The summed E-state index contributed by atoms with van der Waals surface area (Å²) in [6, 6.07) is 2.00. The van der Waals surface area contributed by atoms with Crippen LogP contribution in [-0.2, 0) is 0 Å². The Morgan fingerprint density at radius 2 is 1.85 bits per heavy atom. The monoisotopic (exact) mass is 182 g/mol. The van der Waals surface area contributed by atoms with Crippen molar-refractivity contribution < 1.29 is 0 Å². The normalized spacial score (nSPS) is 52.2. The minimum Gasteiger partial charge on any atom is -0.327 e. The topological polar surface area (TPSA) is 29.3 Å². The molecule has 2 aliphatic rings. The Hall–Kier alpha value is -0.0800. The number of rotatable bonds is 1. The Kier molecular flexibility index (Phi) is 2.37. The molecule has 0 aromatic rings. The number of hydrogen-bond acceptors (Lipinski definition) is 2. The van der Waals surface area contributed by atoms with Crippen LogP contribution >= 0.6 is 0 Å². The summed E-state index contributed by atoms with van der Waals surface area (Å²) in [5.74, 6) is 1.60. The predicted molar refractivity (Wildman–Crippen MR) is 55.5 cm³/mol. The average Bonchev–Trinajstić information content (AvgIpc) is 2.79. The Morgan fingerprint density at radius 3 is 2.38 bits per heavy atom. The first-order chi connectivity index (χ1) is 6.11. The third-order valence-corrected chi connectivity index (χ3v) is 4.17. The fourth-order valence-corrected chi connectivity index (χ4v) is 2.66. The van der Waals surface area contributed by atoms with Gasteiger partial charge < -0.3 is 5.73 Å². The maximum absolute atomic E-state index is 6.06. The average molecular weight is 182 g/mol. The standard InChI is InChI=1S/C11H22N2/c1-7-6-11(7)13-5-4-10(12)8(2)9(13)3/h7-11H,4-6,12H2,1-3H3. The molecular weight excluding hydrogens is 160 g/mol. The van der Waals surface area contributed by atoms with Gasteiger partial charge in [0.25, 0.3) is 0 Å². The van der Waals surface area contributed by atoms with Crippen LogP contribution in [0.2, 0.25) is 0 Å². The molecule has 1 aliphatic carbocycles. The van der Waals surface area contributed by atoms with Crippen molar-refractivity contribution in [3.8, 4) is 0 Å². The molecular formula is C11H22N2. The molecule has 2 nitrogen and oxygen atoms in total. The highest BCUT2D eigenvalue weighted by Gasteiger charge is 2.43. The fraction of sp³-hybridized carbons (Fsp3) is 1.00. The van der Waals surface area contributed by atoms with Crippen molar-refractivity contribution >= 4 is 0 Å². The second-order valence-electron chi connectivity index (χ2n) is 5.07. The fourth-order valence-electron chi connectivity index (χ4n) is 2.66. The summed E-state index contributed by atoms with van der Waals surface area (Å²) in [4.78, 5) is 2.68. The SMILES string of the molecule is CC1CC1N1CCC(N)C(C)C1C. The minimum absolute atomic E-state index is 0.431. The van der Waals surface area contributed by atoms with E-state index < -0.39 is 0 Å². The van der Waals surface area contributed by atoms with Crippen LogP contribution in [0.3, 0.4) is 0 Å². The number of likely N-dealkylation sites (tertiary alicyclic amines) is 1. The molecule has 0 amide bonds. The summed E-state index contributed by atoms with van der Waals surface area (Å²) in [5.41, 5.74) is 6.06. The third-order valence-electron chi connectivity index (χ3n) is 4.17. The Morgan fingerprint density at radius 1 is 1.23 bits per heavy atom. The molecule has 2 fully saturated rings. The molecule has 1 heterocycles. The molecule has 0 aromatic carbocycles. The minimum atomic E-state index is 0.431. The molecule has 0 bridgehead atoms. The van der Waals surface area contributed by atoms with E-state index in [1.165, 1.54) is 19.4 Å². The van der Waals surface area contributed by atoms with Gasteiger partial charge in [0.2, 0.25) is 0 Å². The molecule has 0 spiro atoms. The first-order valence-electron chi connectivity index (χ1n) is 5.62. The highest BCUT2D eigenvalue weighted by molar-refractivity contribution is 4.98. The van der Waals surface area contributed by atoms with Crippen LogP contribution in [0.1, 0.15) is 33.6 Å². The second-order valence-corrected chi connectivity index (χ2v) is 5.07. The first-order valence-corrected chi connectivity index (χ1v) is 5.62. The van der Waals surface area contributed by atoms with E-state index in [2.05, 4.69) is 25.7 Å². The number of nitrogens with zero attached hydrogens (tertiary/aromatic N) is 1. The molecule has 1 saturated heterocycles. The summed E-state index contributed by atoms with van der Waals surface area (Å²) in [5, 5.41) is 0. The van der Waals surface area contributed by atoms with E-state index in [9.17, 15) is 0 Å². The molecule has 5 atom stereocenters. The number of piperidine rings is 1. The third kappa shape index (κ3) is 1.62. The van der Waals surface area contributed by atoms with Gasteiger partial charge in [-0.2, -0.15) is 0 Å². The smallest absolute Gasteiger partial charge is 0.0127 e. The zero-order valence-electron chi connectivity index (χ0n) is 9.03. The lowest BCUT2D eigenvalue weighted by Gasteiger charge is -2.41. The lowest BCUT2D eigenvalue weighted by molar-refractivity contribution is 0.0862. The maximum atomic E-state index is 6.06. The Balaban J connectivity index is 1.98. The van der Waals surface area contributed by atoms with Crippen LogP contribution in [0.4, 0.5) is 0 Å². The van der Waals surface area contributed by atoms with Crippen molar-refractivity contribution in [3.63, 3.8) is 0 Å². The van der Waals surface area contributed by atoms with E-state index in [4.69, 9.17) is 5.73 Å². The molecule has 1 aliphatic heterocycles. The van der Waals surface area contributed by atoms with E-state index >= 15 is 0 Å². The van der Waals surface area contributed by atoms with Crippen LogP contribution in [-0.4, -0.2) is 29.6 Å². The largest absolute Gasteiger partial charge is 0.327 e. The van der Waals surface area contributed by atoms with Crippen LogP contribution in [0.5, 0.6) is 0 Å². The quantitative estimate of drug-likeness (QED) is 0.665. The molecule has 1 saturated carbocycles. The van der Waals surface area contributed by atoms with Crippen molar-refractivity contribution in [2.75, 3.05) is 6.54 Å². The van der Waals surface area contributed by atoms with Crippen LogP contribution in [0.25, 0.3) is 0 Å². The van der Waals surface area contributed by atoms with E-state index in [1.54, 1.807) is 0 Å². The van der Waals surface area contributed by atoms with E-state index in [0.717, 1.165) is 12.0 Å². The van der Waals surface area contributed by atoms with E-state index in [1.807, 2.05) is 0 Å². The molecule has 2 heteroatoms. The van der Waals surface area contributed by atoms with Gasteiger partial charge in [-0.3, -0.25) is 4.90 Å². The highest BCUT2D eigenvalue weighted by atomic mass is 15.2. The second kappa shape index (κ2) is 3.25.